The lowest BCUT2D eigenvalue weighted by atomic mass is 10.1. The number of amides is 1. The molecule has 94 valence electrons. The molecular weight excluding hydrogens is 220 g/mol. The largest absolute Gasteiger partial charge is 0.497 e. The topological polar surface area (TPSA) is 73.6 Å². The van der Waals surface area contributed by atoms with E-state index in [4.69, 9.17) is 15.2 Å². The molecule has 1 atom stereocenters. The van der Waals surface area contributed by atoms with Crippen LogP contribution >= 0.6 is 0 Å². The van der Waals surface area contributed by atoms with E-state index in [0.29, 0.717) is 12.3 Å². The molecule has 0 spiro atoms. The Balaban J connectivity index is 2.73. The van der Waals surface area contributed by atoms with Crippen molar-refractivity contribution >= 4 is 5.91 Å². The van der Waals surface area contributed by atoms with Gasteiger partial charge in [0.2, 0.25) is 5.91 Å². The van der Waals surface area contributed by atoms with Crippen molar-refractivity contribution in [3.63, 3.8) is 0 Å². The number of nitrogens with two attached hydrogens (primary N) is 1. The van der Waals surface area contributed by atoms with Gasteiger partial charge in [0.25, 0.3) is 0 Å². The van der Waals surface area contributed by atoms with Gasteiger partial charge in [-0.2, -0.15) is 0 Å². The number of carbonyl (C=O) groups is 1. The van der Waals surface area contributed by atoms with E-state index in [9.17, 15) is 4.79 Å². The average Bonchev–Trinajstić information content (AvgIpc) is 2.35. The lowest BCUT2D eigenvalue weighted by molar-refractivity contribution is -0.119. The van der Waals surface area contributed by atoms with Crippen molar-refractivity contribution in [3.8, 4) is 11.5 Å². The number of hydrogen-bond donors (Lipinski definition) is 2. The molecule has 17 heavy (non-hydrogen) atoms. The summed E-state index contributed by atoms with van der Waals surface area (Å²) in [5.74, 6) is 1.07. The minimum Gasteiger partial charge on any atom is -0.497 e. The van der Waals surface area contributed by atoms with Crippen LogP contribution in [0.5, 0.6) is 11.5 Å². The molecule has 0 saturated carbocycles. The van der Waals surface area contributed by atoms with E-state index in [-0.39, 0.29) is 11.9 Å². The van der Waals surface area contributed by atoms with Crippen LogP contribution in [0.3, 0.4) is 0 Å². The number of methoxy groups -OCH3 is 2. The van der Waals surface area contributed by atoms with Gasteiger partial charge in [-0.25, -0.2) is 0 Å². The summed E-state index contributed by atoms with van der Waals surface area (Å²) in [6, 6.07) is 5.15. The van der Waals surface area contributed by atoms with Crippen LogP contribution in [0.15, 0.2) is 18.2 Å². The first-order chi connectivity index (χ1) is 8.08. The summed E-state index contributed by atoms with van der Waals surface area (Å²) in [5.41, 5.74) is 6.11. The van der Waals surface area contributed by atoms with Crippen LogP contribution in [-0.2, 0) is 11.3 Å². The zero-order chi connectivity index (χ0) is 12.8. The molecule has 0 radical (unpaired) electrons. The number of primary amides is 1. The van der Waals surface area contributed by atoms with Gasteiger partial charge >= 0.3 is 0 Å². The highest BCUT2D eigenvalue weighted by atomic mass is 16.5. The van der Waals surface area contributed by atoms with Crippen molar-refractivity contribution < 1.29 is 14.3 Å². The summed E-state index contributed by atoms with van der Waals surface area (Å²) in [6.07, 6.45) is 0. The first-order valence-electron chi connectivity index (χ1n) is 5.32. The third-order valence-corrected chi connectivity index (χ3v) is 2.52. The summed E-state index contributed by atoms with van der Waals surface area (Å²) in [4.78, 5) is 10.9. The van der Waals surface area contributed by atoms with Crippen LogP contribution < -0.4 is 20.5 Å². The molecular formula is C12H18N2O3. The van der Waals surface area contributed by atoms with Gasteiger partial charge in [0.05, 0.1) is 20.3 Å². The molecule has 1 unspecified atom stereocenters. The van der Waals surface area contributed by atoms with Gasteiger partial charge in [-0.05, 0) is 13.0 Å². The van der Waals surface area contributed by atoms with E-state index in [0.717, 1.165) is 11.3 Å². The summed E-state index contributed by atoms with van der Waals surface area (Å²) in [7, 11) is 3.19. The number of benzene rings is 1. The normalized spacial score (nSPS) is 11.9. The first-order valence-corrected chi connectivity index (χ1v) is 5.32. The second kappa shape index (κ2) is 6.10. The summed E-state index contributed by atoms with van der Waals surface area (Å²) in [5, 5.41) is 3.02. The molecule has 0 aliphatic carbocycles. The number of rotatable bonds is 6. The zero-order valence-corrected chi connectivity index (χ0v) is 10.3. The molecule has 0 bridgehead atoms. The van der Waals surface area contributed by atoms with Gasteiger partial charge < -0.3 is 20.5 Å². The fourth-order valence-electron chi connectivity index (χ4n) is 1.36. The van der Waals surface area contributed by atoms with E-state index in [1.165, 1.54) is 0 Å². The molecule has 0 heterocycles. The van der Waals surface area contributed by atoms with Crippen molar-refractivity contribution in [3.05, 3.63) is 23.8 Å². The van der Waals surface area contributed by atoms with Crippen molar-refractivity contribution in [2.24, 2.45) is 5.73 Å². The van der Waals surface area contributed by atoms with Crippen LogP contribution in [0, 0.1) is 0 Å². The smallest absolute Gasteiger partial charge is 0.234 e. The molecule has 1 rings (SSSR count). The van der Waals surface area contributed by atoms with Crippen LogP contribution in [0.2, 0.25) is 0 Å². The molecule has 0 aliphatic heterocycles. The van der Waals surface area contributed by atoms with E-state index < -0.39 is 0 Å². The van der Waals surface area contributed by atoms with E-state index >= 15 is 0 Å². The summed E-state index contributed by atoms with van der Waals surface area (Å²) in [6.45, 7) is 2.23. The predicted octanol–water partition coefficient (Wildman–Crippen LogP) is 0.667. The molecule has 1 aromatic carbocycles. The molecule has 1 aromatic rings. The lowest BCUT2D eigenvalue weighted by Gasteiger charge is -2.13. The van der Waals surface area contributed by atoms with Gasteiger partial charge in [-0.3, -0.25) is 4.79 Å². The Morgan fingerprint density at radius 1 is 1.41 bits per heavy atom. The second-order valence-electron chi connectivity index (χ2n) is 3.68. The summed E-state index contributed by atoms with van der Waals surface area (Å²) < 4.78 is 10.3. The third kappa shape index (κ3) is 3.64. The molecule has 5 heteroatoms. The number of ether oxygens (including phenoxy) is 2. The minimum absolute atomic E-state index is 0.373. The van der Waals surface area contributed by atoms with Crippen molar-refractivity contribution in [1.29, 1.82) is 0 Å². The van der Waals surface area contributed by atoms with Crippen molar-refractivity contribution in [2.45, 2.75) is 19.5 Å². The van der Waals surface area contributed by atoms with E-state index in [1.54, 1.807) is 27.2 Å². The van der Waals surface area contributed by atoms with Crippen LogP contribution in [0.25, 0.3) is 0 Å². The highest BCUT2D eigenvalue weighted by molar-refractivity contribution is 5.79. The maximum atomic E-state index is 10.9. The number of carbonyl (C=O) groups excluding carboxylic acids is 1. The highest BCUT2D eigenvalue weighted by Gasteiger charge is 2.10. The molecule has 0 fully saturated rings. The molecule has 0 saturated heterocycles. The Morgan fingerprint density at radius 3 is 2.65 bits per heavy atom. The fourth-order valence-corrected chi connectivity index (χ4v) is 1.36. The SMILES string of the molecule is COc1ccc(CNC(C)C(N)=O)c(OC)c1. The number of nitrogens with one attached hydrogen (secondary N) is 1. The summed E-state index contributed by atoms with van der Waals surface area (Å²) >= 11 is 0. The Kier molecular flexibility index (Phi) is 4.78. The zero-order valence-electron chi connectivity index (χ0n) is 10.3. The Hall–Kier alpha value is -1.75. The fraction of sp³-hybridized carbons (Fsp3) is 0.417. The van der Waals surface area contributed by atoms with Gasteiger partial charge in [0, 0.05) is 18.2 Å². The van der Waals surface area contributed by atoms with Gasteiger partial charge in [0.1, 0.15) is 11.5 Å². The number of hydrogen-bond acceptors (Lipinski definition) is 4. The van der Waals surface area contributed by atoms with Crippen molar-refractivity contribution in [2.75, 3.05) is 14.2 Å². The monoisotopic (exact) mass is 238 g/mol. The van der Waals surface area contributed by atoms with E-state index in [1.807, 2.05) is 12.1 Å². The van der Waals surface area contributed by atoms with Gasteiger partial charge in [0.15, 0.2) is 0 Å². The lowest BCUT2D eigenvalue weighted by Crippen LogP contribution is -2.38. The third-order valence-electron chi connectivity index (χ3n) is 2.52. The highest BCUT2D eigenvalue weighted by Crippen LogP contribution is 2.24. The average molecular weight is 238 g/mol. The van der Waals surface area contributed by atoms with E-state index in [2.05, 4.69) is 5.32 Å². The van der Waals surface area contributed by atoms with Gasteiger partial charge in [-0.1, -0.05) is 6.07 Å². The Bertz CT molecular complexity index is 393. The van der Waals surface area contributed by atoms with Crippen molar-refractivity contribution in [1.82, 2.24) is 5.32 Å². The maximum absolute atomic E-state index is 10.9. The van der Waals surface area contributed by atoms with Crippen LogP contribution in [0.4, 0.5) is 0 Å². The van der Waals surface area contributed by atoms with Crippen LogP contribution in [0.1, 0.15) is 12.5 Å². The molecule has 0 aliphatic rings. The first kappa shape index (κ1) is 13.3. The molecule has 5 nitrogen and oxygen atoms in total. The van der Waals surface area contributed by atoms with Crippen LogP contribution in [-0.4, -0.2) is 26.2 Å². The maximum Gasteiger partial charge on any atom is 0.234 e. The standard InChI is InChI=1S/C12H18N2O3/c1-8(12(13)15)14-7-9-4-5-10(16-2)6-11(9)17-3/h4-6,8,14H,7H2,1-3H3,(H2,13,15). The second-order valence-corrected chi connectivity index (χ2v) is 3.68. The Labute approximate surface area is 101 Å². The molecule has 1 amide bonds. The molecule has 0 aromatic heterocycles. The predicted molar refractivity (Wildman–Crippen MR) is 65.0 cm³/mol. The minimum atomic E-state index is -0.377. The molecule has 3 N–H and O–H groups in total. The van der Waals surface area contributed by atoms with Gasteiger partial charge in [-0.15, -0.1) is 0 Å². The quantitative estimate of drug-likeness (QED) is 0.764. The Morgan fingerprint density at radius 2 is 2.12 bits per heavy atom.